The van der Waals surface area contributed by atoms with E-state index in [1.807, 2.05) is 32.0 Å². The third-order valence-electron chi connectivity index (χ3n) is 3.92. The number of benzene rings is 2. The fourth-order valence-corrected chi connectivity index (χ4v) is 2.61. The Morgan fingerprint density at radius 3 is 2.04 bits per heavy atom. The van der Waals surface area contributed by atoms with Gasteiger partial charge < -0.3 is 20.1 Å². The first-order valence-corrected chi connectivity index (χ1v) is 9.27. The van der Waals surface area contributed by atoms with Crippen molar-refractivity contribution in [3.63, 3.8) is 0 Å². The average molecular weight is 374 g/mol. The predicted octanol–water partition coefficient (Wildman–Crippen LogP) is 3.71. The van der Waals surface area contributed by atoms with E-state index in [1.165, 1.54) is 12.1 Å². The second kappa shape index (κ2) is 11.1. The lowest BCUT2D eigenvalue weighted by molar-refractivity contribution is 0.241. The summed E-state index contributed by atoms with van der Waals surface area (Å²) in [6.45, 7) is 6.02. The number of amides is 2. The highest BCUT2D eigenvalue weighted by Crippen LogP contribution is 2.28. The topological polar surface area (TPSA) is 59.6 Å². The van der Waals surface area contributed by atoms with E-state index in [1.54, 1.807) is 12.1 Å². The van der Waals surface area contributed by atoms with Gasteiger partial charge in [-0.2, -0.15) is 0 Å². The molecule has 6 heteroatoms. The zero-order valence-corrected chi connectivity index (χ0v) is 15.9. The minimum Gasteiger partial charge on any atom is -0.490 e. The molecule has 0 radical (unpaired) electrons. The Labute approximate surface area is 159 Å². The highest BCUT2D eigenvalue weighted by molar-refractivity contribution is 5.73. The first-order chi connectivity index (χ1) is 13.1. The highest BCUT2D eigenvalue weighted by atomic mass is 19.1. The van der Waals surface area contributed by atoms with Gasteiger partial charge in [0.05, 0.1) is 13.2 Å². The molecule has 0 saturated carbocycles. The molecule has 2 aromatic rings. The molecule has 0 bridgehead atoms. The summed E-state index contributed by atoms with van der Waals surface area (Å²) < 4.78 is 24.0. The van der Waals surface area contributed by atoms with Crippen LogP contribution in [0.5, 0.6) is 11.5 Å². The van der Waals surface area contributed by atoms with Gasteiger partial charge in [-0.15, -0.1) is 0 Å². The summed E-state index contributed by atoms with van der Waals surface area (Å²) in [6, 6.07) is 11.9. The van der Waals surface area contributed by atoms with Gasteiger partial charge in [-0.3, -0.25) is 0 Å². The van der Waals surface area contributed by atoms with E-state index in [4.69, 9.17) is 9.47 Å². The van der Waals surface area contributed by atoms with Crippen LogP contribution in [-0.2, 0) is 12.8 Å². The van der Waals surface area contributed by atoms with Crippen LogP contribution in [0.25, 0.3) is 0 Å². The molecule has 27 heavy (non-hydrogen) atoms. The summed E-state index contributed by atoms with van der Waals surface area (Å²) in [6.07, 6.45) is 1.35. The molecule has 2 rings (SSSR count). The summed E-state index contributed by atoms with van der Waals surface area (Å²) in [5, 5.41) is 5.64. The van der Waals surface area contributed by atoms with E-state index in [2.05, 4.69) is 10.6 Å². The minimum absolute atomic E-state index is 0.215. The summed E-state index contributed by atoms with van der Waals surface area (Å²) in [7, 11) is 0. The molecule has 0 aliphatic heterocycles. The molecule has 0 atom stereocenters. The van der Waals surface area contributed by atoms with Crippen molar-refractivity contribution in [3.8, 4) is 11.5 Å². The molecule has 0 heterocycles. The van der Waals surface area contributed by atoms with Crippen LogP contribution in [0.2, 0.25) is 0 Å². The van der Waals surface area contributed by atoms with Gasteiger partial charge in [0.25, 0.3) is 0 Å². The first kappa shape index (κ1) is 20.6. The van der Waals surface area contributed by atoms with Crippen LogP contribution in [0.1, 0.15) is 25.0 Å². The molecule has 0 unspecified atom stereocenters. The Kier molecular flexibility index (Phi) is 8.42. The number of halogens is 1. The fraction of sp³-hybridized carbons (Fsp3) is 0.381. The minimum atomic E-state index is -0.258. The number of hydrogen-bond acceptors (Lipinski definition) is 3. The third-order valence-corrected chi connectivity index (χ3v) is 3.92. The Morgan fingerprint density at radius 1 is 0.852 bits per heavy atom. The van der Waals surface area contributed by atoms with Gasteiger partial charge in [-0.1, -0.05) is 18.2 Å². The van der Waals surface area contributed by atoms with Crippen molar-refractivity contribution in [2.75, 3.05) is 26.3 Å². The second-order valence-electron chi connectivity index (χ2n) is 5.96. The molecule has 0 aliphatic carbocycles. The lowest BCUT2D eigenvalue weighted by Crippen LogP contribution is -2.37. The number of carbonyl (C=O) groups excluding carboxylic acids is 1. The van der Waals surface area contributed by atoms with E-state index < -0.39 is 0 Å². The Morgan fingerprint density at radius 2 is 1.41 bits per heavy atom. The van der Waals surface area contributed by atoms with E-state index in [9.17, 15) is 9.18 Å². The fourth-order valence-electron chi connectivity index (χ4n) is 2.61. The molecule has 0 aromatic heterocycles. The van der Waals surface area contributed by atoms with Crippen LogP contribution in [0.3, 0.4) is 0 Å². The van der Waals surface area contributed by atoms with Crippen LogP contribution in [0, 0.1) is 5.82 Å². The van der Waals surface area contributed by atoms with Gasteiger partial charge in [0.15, 0.2) is 11.5 Å². The van der Waals surface area contributed by atoms with Crippen molar-refractivity contribution < 1.29 is 18.7 Å². The Bertz CT molecular complexity index is 720. The van der Waals surface area contributed by atoms with Crippen LogP contribution in [0.4, 0.5) is 9.18 Å². The van der Waals surface area contributed by atoms with Crippen molar-refractivity contribution >= 4 is 6.03 Å². The largest absolute Gasteiger partial charge is 0.490 e. The van der Waals surface area contributed by atoms with Gasteiger partial charge in [0, 0.05) is 13.1 Å². The van der Waals surface area contributed by atoms with Gasteiger partial charge in [0.2, 0.25) is 0 Å². The summed E-state index contributed by atoms with van der Waals surface area (Å²) in [4.78, 5) is 11.9. The van der Waals surface area contributed by atoms with Gasteiger partial charge in [-0.25, -0.2) is 9.18 Å². The molecule has 2 aromatic carbocycles. The van der Waals surface area contributed by atoms with Crippen LogP contribution >= 0.6 is 0 Å². The quantitative estimate of drug-likeness (QED) is 0.667. The molecule has 0 aliphatic rings. The number of nitrogens with one attached hydrogen (secondary N) is 2. The maximum absolute atomic E-state index is 12.9. The predicted molar refractivity (Wildman–Crippen MR) is 104 cm³/mol. The molecule has 2 amide bonds. The number of urea groups is 1. The lowest BCUT2D eigenvalue weighted by atomic mass is 10.1. The van der Waals surface area contributed by atoms with E-state index >= 15 is 0 Å². The Balaban J connectivity index is 1.72. The smallest absolute Gasteiger partial charge is 0.314 e. The maximum atomic E-state index is 12.9. The van der Waals surface area contributed by atoms with Gasteiger partial charge in [-0.05, 0) is 62.1 Å². The van der Waals surface area contributed by atoms with Crippen molar-refractivity contribution in [3.05, 3.63) is 59.4 Å². The molecule has 2 N–H and O–H groups in total. The zero-order valence-electron chi connectivity index (χ0n) is 15.9. The van der Waals surface area contributed by atoms with Crippen molar-refractivity contribution in [2.45, 2.75) is 26.7 Å². The van der Waals surface area contributed by atoms with Crippen molar-refractivity contribution in [1.29, 1.82) is 0 Å². The molecule has 146 valence electrons. The highest BCUT2D eigenvalue weighted by Gasteiger charge is 2.07. The van der Waals surface area contributed by atoms with Gasteiger partial charge >= 0.3 is 6.03 Å². The van der Waals surface area contributed by atoms with Crippen LogP contribution in [-0.4, -0.2) is 32.3 Å². The number of rotatable bonds is 10. The lowest BCUT2D eigenvalue weighted by Gasteiger charge is -2.13. The van der Waals surface area contributed by atoms with Crippen LogP contribution < -0.4 is 20.1 Å². The number of carbonyl (C=O) groups is 1. The van der Waals surface area contributed by atoms with Gasteiger partial charge in [0.1, 0.15) is 5.82 Å². The second-order valence-corrected chi connectivity index (χ2v) is 5.96. The van der Waals surface area contributed by atoms with Crippen molar-refractivity contribution in [1.82, 2.24) is 10.6 Å². The molecular weight excluding hydrogens is 347 g/mol. The monoisotopic (exact) mass is 374 g/mol. The molecule has 0 fully saturated rings. The Hall–Kier alpha value is -2.76. The van der Waals surface area contributed by atoms with E-state index in [0.29, 0.717) is 39.1 Å². The third kappa shape index (κ3) is 7.17. The summed E-state index contributed by atoms with van der Waals surface area (Å²) in [5.74, 6) is 1.20. The molecule has 0 saturated heterocycles. The standard InChI is InChI=1S/C21H27FN2O3/c1-3-26-19-10-7-17(15-20(19)27-4-2)12-14-24-21(25)23-13-11-16-5-8-18(22)9-6-16/h5-10,15H,3-4,11-14H2,1-2H3,(H2,23,24,25). The average Bonchev–Trinajstić information content (AvgIpc) is 2.66. The number of hydrogen-bond donors (Lipinski definition) is 2. The maximum Gasteiger partial charge on any atom is 0.314 e. The summed E-state index contributed by atoms with van der Waals surface area (Å²) in [5.41, 5.74) is 2.04. The SMILES string of the molecule is CCOc1ccc(CCNC(=O)NCCc2ccc(F)cc2)cc1OCC. The van der Waals surface area contributed by atoms with Crippen molar-refractivity contribution in [2.24, 2.45) is 0 Å². The normalized spacial score (nSPS) is 10.3. The van der Waals surface area contributed by atoms with E-state index in [-0.39, 0.29) is 11.8 Å². The zero-order chi connectivity index (χ0) is 19.5. The number of ether oxygens (including phenoxy) is 2. The first-order valence-electron chi connectivity index (χ1n) is 9.27. The molecular formula is C21H27FN2O3. The van der Waals surface area contributed by atoms with E-state index in [0.717, 1.165) is 22.6 Å². The molecule has 5 nitrogen and oxygen atoms in total. The molecule has 0 spiro atoms. The summed E-state index contributed by atoms with van der Waals surface area (Å²) >= 11 is 0. The van der Waals surface area contributed by atoms with Crippen LogP contribution in [0.15, 0.2) is 42.5 Å².